The predicted octanol–water partition coefficient (Wildman–Crippen LogP) is 2.88. The molecule has 2 rings (SSSR count). The molecule has 1 aromatic carbocycles. The minimum absolute atomic E-state index is 0.151. The molecule has 0 atom stereocenters. The van der Waals surface area contributed by atoms with Crippen LogP contribution in [0.15, 0.2) is 47.5 Å². The number of para-hydroxylation sites is 1. The van der Waals surface area contributed by atoms with Crippen LogP contribution >= 0.6 is 0 Å². The molecule has 0 radical (unpaired) electrons. The number of rotatable bonds is 6. The Hall–Kier alpha value is -2.08. The van der Waals surface area contributed by atoms with E-state index in [1.165, 1.54) is 0 Å². The molecule has 0 amide bonds. The average molecular weight is 305 g/mol. The number of sulfonamides is 1. The maximum Gasteiger partial charge on any atom is 0.265 e. The Morgan fingerprint density at radius 3 is 2.57 bits per heavy atom. The number of hydrogen-bond acceptors (Lipinski definition) is 4. The Bertz CT molecular complexity index is 714. The standard InChI is InChI=1S/C15H19N3O2S/c1-3-12-8-5-6-9-13(12)18-21(19,20)14-10-7-11-17-15(14)16-4-2/h5-11,18H,3-4H2,1-2H3,(H,16,17). The average Bonchev–Trinajstić information content (AvgIpc) is 2.48. The number of nitrogens with zero attached hydrogens (tertiary/aromatic N) is 1. The van der Waals surface area contributed by atoms with Crippen molar-refractivity contribution in [1.29, 1.82) is 0 Å². The second kappa shape index (κ2) is 6.58. The molecule has 5 nitrogen and oxygen atoms in total. The summed E-state index contributed by atoms with van der Waals surface area (Å²) in [5.74, 6) is 0.362. The van der Waals surface area contributed by atoms with Gasteiger partial charge in [-0.1, -0.05) is 25.1 Å². The monoisotopic (exact) mass is 305 g/mol. The van der Waals surface area contributed by atoms with E-state index < -0.39 is 10.0 Å². The van der Waals surface area contributed by atoms with Crippen LogP contribution in [0.1, 0.15) is 19.4 Å². The van der Waals surface area contributed by atoms with E-state index >= 15 is 0 Å². The molecule has 6 heteroatoms. The lowest BCUT2D eigenvalue weighted by molar-refractivity contribution is 0.601. The Kier molecular flexibility index (Phi) is 4.80. The molecule has 2 aromatic rings. The summed E-state index contributed by atoms with van der Waals surface area (Å²) in [5.41, 5.74) is 1.56. The van der Waals surface area contributed by atoms with Crippen LogP contribution in [0.5, 0.6) is 0 Å². The molecular weight excluding hydrogens is 286 g/mol. The van der Waals surface area contributed by atoms with Crippen LogP contribution in [-0.4, -0.2) is 19.9 Å². The van der Waals surface area contributed by atoms with Gasteiger partial charge < -0.3 is 5.32 Å². The maximum atomic E-state index is 12.6. The Morgan fingerprint density at radius 2 is 1.86 bits per heavy atom. The van der Waals surface area contributed by atoms with Crippen molar-refractivity contribution in [3.8, 4) is 0 Å². The number of anilines is 2. The van der Waals surface area contributed by atoms with E-state index in [2.05, 4.69) is 15.0 Å². The highest BCUT2D eigenvalue weighted by molar-refractivity contribution is 7.92. The first-order valence-corrected chi connectivity index (χ1v) is 8.36. The van der Waals surface area contributed by atoms with Crippen LogP contribution in [0, 0.1) is 0 Å². The van der Waals surface area contributed by atoms with Crippen molar-refractivity contribution in [2.24, 2.45) is 0 Å². The zero-order valence-corrected chi connectivity index (χ0v) is 12.9. The largest absolute Gasteiger partial charge is 0.369 e. The molecular formula is C15H19N3O2S. The minimum atomic E-state index is -3.67. The molecule has 0 bridgehead atoms. The summed E-state index contributed by atoms with van der Waals surface area (Å²) in [7, 11) is -3.67. The number of pyridine rings is 1. The van der Waals surface area contributed by atoms with Gasteiger partial charge >= 0.3 is 0 Å². The highest BCUT2D eigenvalue weighted by atomic mass is 32.2. The molecule has 0 aliphatic heterocycles. The van der Waals surface area contributed by atoms with Gasteiger partial charge in [0, 0.05) is 12.7 Å². The van der Waals surface area contributed by atoms with Gasteiger partial charge in [0.1, 0.15) is 10.7 Å². The predicted molar refractivity (Wildman–Crippen MR) is 85.0 cm³/mol. The van der Waals surface area contributed by atoms with Crippen LogP contribution in [0.3, 0.4) is 0 Å². The molecule has 0 fully saturated rings. The van der Waals surface area contributed by atoms with E-state index in [1.54, 1.807) is 24.4 Å². The second-order valence-electron chi connectivity index (χ2n) is 4.50. The summed E-state index contributed by atoms with van der Waals surface area (Å²) >= 11 is 0. The van der Waals surface area contributed by atoms with Gasteiger partial charge in [-0.3, -0.25) is 4.72 Å². The van der Waals surface area contributed by atoms with Gasteiger partial charge in [-0.25, -0.2) is 13.4 Å². The lowest BCUT2D eigenvalue weighted by atomic mass is 10.1. The summed E-state index contributed by atoms with van der Waals surface area (Å²) in [6, 6.07) is 10.5. The van der Waals surface area contributed by atoms with Gasteiger partial charge in [0.25, 0.3) is 10.0 Å². The second-order valence-corrected chi connectivity index (χ2v) is 6.15. The zero-order valence-electron chi connectivity index (χ0n) is 12.1. The summed E-state index contributed by atoms with van der Waals surface area (Å²) in [5, 5.41) is 2.97. The maximum absolute atomic E-state index is 12.6. The first kappa shape index (κ1) is 15.3. The summed E-state index contributed by atoms with van der Waals surface area (Å²) < 4.78 is 27.8. The molecule has 0 spiro atoms. The third-order valence-corrected chi connectivity index (χ3v) is 4.44. The van der Waals surface area contributed by atoms with E-state index in [0.717, 1.165) is 12.0 Å². The smallest absolute Gasteiger partial charge is 0.265 e. The summed E-state index contributed by atoms with van der Waals surface area (Å²) in [6.45, 7) is 4.48. The Labute approximate surface area is 125 Å². The van der Waals surface area contributed by atoms with Crippen molar-refractivity contribution in [2.75, 3.05) is 16.6 Å². The number of aromatic nitrogens is 1. The van der Waals surface area contributed by atoms with Crippen LogP contribution in [-0.2, 0) is 16.4 Å². The highest BCUT2D eigenvalue weighted by Gasteiger charge is 2.20. The quantitative estimate of drug-likeness (QED) is 0.861. The van der Waals surface area contributed by atoms with Crippen LogP contribution in [0.4, 0.5) is 11.5 Å². The number of hydrogen-bond donors (Lipinski definition) is 2. The molecule has 21 heavy (non-hydrogen) atoms. The van der Waals surface area contributed by atoms with E-state index in [4.69, 9.17) is 0 Å². The fourth-order valence-electron chi connectivity index (χ4n) is 2.04. The van der Waals surface area contributed by atoms with Crippen molar-refractivity contribution >= 4 is 21.5 Å². The summed E-state index contributed by atoms with van der Waals surface area (Å²) in [6.07, 6.45) is 2.32. The molecule has 0 unspecified atom stereocenters. The molecule has 0 aliphatic rings. The third-order valence-electron chi connectivity index (χ3n) is 3.05. The van der Waals surface area contributed by atoms with Gasteiger partial charge in [0.05, 0.1) is 5.69 Å². The molecule has 0 saturated carbocycles. The van der Waals surface area contributed by atoms with Crippen molar-refractivity contribution < 1.29 is 8.42 Å². The molecule has 1 aromatic heterocycles. The molecule has 2 N–H and O–H groups in total. The van der Waals surface area contributed by atoms with Crippen LogP contribution in [0.25, 0.3) is 0 Å². The number of benzene rings is 1. The van der Waals surface area contributed by atoms with Crippen LogP contribution in [0.2, 0.25) is 0 Å². The number of nitrogens with one attached hydrogen (secondary N) is 2. The first-order chi connectivity index (χ1) is 10.1. The minimum Gasteiger partial charge on any atom is -0.369 e. The van der Waals surface area contributed by atoms with Crippen molar-refractivity contribution in [1.82, 2.24) is 4.98 Å². The SMILES string of the molecule is CCNc1ncccc1S(=O)(=O)Nc1ccccc1CC. The molecule has 0 aliphatic carbocycles. The van der Waals surface area contributed by atoms with E-state index in [9.17, 15) is 8.42 Å². The lowest BCUT2D eigenvalue weighted by Gasteiger charge is -2.14. The topological polar surface area (TPSA) is 71.1 Å². The van der Waals surface area contributed by atoms with E-state index in [-0.39, 0.29) is 4.90 Å². The third kappa shape index (κ3) is 3.52. The number of aryl methyl sites for hydroxylation is 1. The summed E-state index contributed by atoms with van der Waals surface area (Å²) in [4.78, 5) is 4.24. The van der Waals surface area contributed by atoms with Gasteiger partial charge in [-0.15, -0.1) is 0 Å². The normalized spacial score (nSPS) is 11.1. The fourth-order valence-corrected chi connectivity index (χ4v) is 3.27. The molecule has 112 valence electrons. The van der Waals surface area contributed by atoms with Gasteiger partial charge in [0.2, 0.25) is 0 Å². The Morgan fingerprint density at radius 1 is 1.10 bits per heavy atom. The molecule has 0 saturated heterocycles. The van der Waals surface area contributed by atoms with Crippen molar-refractivity contribution in [2.45, 2.75) is 25.2 Å². The van der Waals surface area contributed by atoms with Crippen molar-refractivity contribution in [3.05, 3.63) is 48.2 Å². The Balaban J connectivity index is 2.39. The first-order valence-electron chi connectivity index (χ1n) is 6.88. The van der Waals surface area contributed by atoms with Gasteiger partial charge in [-0.05, 0) is 37.1 Å². The van der Waals surface area contributed by atoms with Gasteiger partial charge in [-0.2, -0.15) is 0 Å². The van der Waals surface area contributed by atoms with E-state index in [0.29, 0.717) is 18.1 Å². The lowest BCUT2D eigenvalue weighted by Crippen LogP contribution is -2.17. The molecule has 1 heterocycles. The highest BCUT2D eigenvalue weighted by Crippen LogP contribution is 2.23. The zero-order chi connectivity index (χ0) is 15.3. The fraction of sp³-hybridized carbons (Fsp3) is 0.267. The van der Waals surface area contributed by atoms with Crippen molar-refractivity contribution in [3.63, 3.8) is 0 Å². The van der Waals surface area contributed by atoms with Gasteiger partial charge in [0.15, 0.2) is 0 Å². The van der Waals surface area contributed by atoms with E-state index in [1.807, 2.05) is 32.0 Å². The van der Waals surface area contributed by atoms with Crippen LogP contribution < -0.4 is 10.0 Å².